The number of anilines is 1. The molecule has 1 aliphatic rings. The summed E-state index contributed by atoms with van der Waals surface area (Å²) in [6.07, 6.45) is 0.659. The minimum atomic E-state index is -4.38. The van der Waals surface area contributed by atoms with Crippen LogP contribution >= 0.6 is 0 Å². The van der Waals surface area contributed by atoms with Crippen molar-refractivity contribution < 1.29 is 18.0 Å². The summed E-state index contributed by atoms with van der Waals surface area (Å²) >= 11 is 0. The number of carbonyl (C=O) groups is 1. The normalized spacial score (nSPS) is 16.0. The second kappa shape index (κ2) is 8.57. The van der Waals surface area contributed by atoms with Crippen LogP contribution in [0.1, 0.15) is 47.2 Å². The summed E-state index contributed by atoms with van der Waals surface area (Å²) in [4.78, 5) is 14.7. The van der Waals surface area contributed by atoms with Crippen molar-refractivity contribution in [1.29, 1.82) is 0 Å². The second-order valence-corrected chi connectivity index (χ2v) is 6.92. The topological polar surface area (TPSA) is 32.3 Å². The molecule has 144 valence electrons. The first-order valence-electron chi connectivity index (χ1n) is 9.22. The van der Waals surface area contributed by atoms with Gasteiger partial charge in [0.05, 0.1) is 5.56 Å². The van der Waals surface area contributed by atoms with Gasteiger partial charge in [0.1, 0.15) is 0 Å². The van der Waals surface area contributed by atoms with Crippen LogP contribution in [-0.2, 0) is 12.7 Å². The number of likely N-dealkylation sites (tertiary alicyclic amines) is 1. The lowest BCUT2D eigenvalue weighted by atomic mass is 10.1. The Morgan fingerprint density at radius 2 is 1.48 bits per heavy atom. The van der Waals surface area contributed by atoms with Crippen LogP contribution in [0.2, 0.25) is 0 Å². The van der Waals surface area contributed by atoms with Crippen molar-refractivity contribution in [2.75, 3.05) is 18.4 Å². The van der Waals surface area contributed by atoms with Crippen LogP contribution in [0.3, 0.4) is 0 Å². The Kier molecular flexibility index (Phi) is 6.16. The summed E-state index contributed by atoms with van der Waals surface area (Å²) in [5.74, 6) is -0.337. The molecule has 1 fully saturated rings. The Balaban J connectivity index is 1.58. The SMILES string of the molecule is O=C(Nc1ccc(C(F)(F)F)cc1)c1ccc(CN2CCCCCC2)cc1. The zero-order valence-electron chi connectivity index (χ0n) is 15.1. The summed E-state index contributed by atoms with van der Waals surface area (Å²) in [5.41, 5.74) is 1.23. The number of hydrogen-bond donors (Lipinski definition) is 1. The van der Waals surface area contributed by atoms with E-state index in [-0.39, 0.29) is 5.91 Å². The molecule has 0 saturated carbocycles. The number of hydrogen-bond acceptors (Lipinski definition) is 2. The second-order valence-electron chi connectivity index (χ2n) is 6.92. The number of benzene rings is 2. The maximum Gasteiger partial charge on any atom is 0.416 e. The number of carbonyl (C=O) groups excluding carboxylic acids is 1. The summed E-state index contributed by atoms with van der Waals surface area (Å²) < 4.78 is 37.8. The van der Waals surface area contributed by atoms with Gasteiger partial charge in [-0.25, -0.2) is 0 Å². The molecule has 0 atom stereocenters. The standard InChI is InChI=1S/C21H23F3N2O/c22-21(23,24)18-9-11-19(12-10-18)25-20(27)17-7-5-16(6-8-17)15-26-13-3-1-2-4-14-26/h5-12H,1-4,13-15H2,(H,25,27). The molecular formula is C21H23F3N2O. The van der Waals surface area contributed by atoms with Gasteiger partial charge >= 0.3 is 6.18 Å². The van der Waals surface area contributed by atoms with Crippen LogP contribution in [0.25, 0.3) is 0 Å². The number of nitrogens with zero attached hydrogens (tertiary/aromatic N) is 1. The van der Waals surface area contributed by atoms with Crippen molar-refractivity contribution in [3.8, 4) is 0 Å². The van der Waals surface area contributed by atoms with Crippen molar-refractivity contribution in [3.63, 3.8) is 0 Å². The van der Waals surface area contributed by atoms with Crippen LogP contribution in [0.4, 0.5) is 18.9 Å². The van der Waals surface area contributed by atoms with Crippen molar-refractivity contribution >= 4 is 11.6 Å². The molecule has 0 bridgehead atoms. The first kappa shape index (κ1) is 19.4. The van der Waals surface area contributed by atoms with Gasteiger partial charge in [0.25, 0.3) is 5.91 Å². The van der Waals surface area contributed by atoms with Crippen molar-refractivity contribution in [2.45, 2.75) is 38.4 Å². The highest BCUT2D eigenvalue weighted by molar-refractivity contribution is 6.04. The fourth-order valence-corrected chi connectivity index (χ4v) is 3.26. The van der Waals surface area contributed by atoms with E-state index in [2.05, 4.69) is 10.2 Å². The Morgan fingerprint density at radius 3 is 2.04 bits per heavy atom. The highest BCUT2D eigenvalue weighted by Crippen LogP contribution is 2.29. The van der Waals surface area contributed by atoms with Gasteiger partial charge < -0.3 is 5.32 Å². The van der Waals surface area contributed by atoms with Crippen LogP contribution in [0.5, 0.6) is 0 Å². The molecule has 0 radical (unpaired) electrons. The summed E-state index contributed by atoms with van der Waals surface area (Å²) in [7, 11) is 0. The molecule has 1 amide bonds. The molecule has 1 saturated heterocycles. The third-order valence-electron chi connectivity index (χ3n) is 4.79. The molecule has 1 N–H and O–H groups in total. The van der Waals surface area contributed by atoms with Gasteiger partial charge in [-0.15, -0.1) is 0 Å². The molecule has 0 spiro atoms. The first-order chi connectivity index (χ1) is 12.9. The predicted molar refractivity (Wildman–Crippen MR) is 99.6 cm³/mol. The smallest absolute Gasteiger partial charge is 0.322 e. The van der Waals surface area contributed by atoms with Gasteiger partial charge in [-0.1, -0.05) is 25.0 Å². The molecule has 0 unspecified atom stereocenters. The lowest BCUT2D eigenvalue weighted by Gasteiger charge is -2.19. The summed E-state index contributed by atoms with van der Waals surface area (Å²) in [6, 6.07) is 11.8. The van der Waals surface area contributed by atoms with Crippen molar-refractivity contribution in [1.82, 2.24) is 4.90 Å². The first-order valence-corrected chi connectivity index (χ1v) is 9.22. The van der Waals surface area contributed by atoms with E-state index in [1.165, 1.54) is 37.8 Å². The Labute approximate surface area is 157 Å². The number of amides is 1. The number of halogens is 3. The molecule has 6 heteroatoms. The van der Waals surface area contributed by atoms with E-state index in [1.54, 1.807) is 12.1 Å². The van der Waals surface area contributed by atoms with Crippen LogP contribution in [0, 0.1) is 0 Å². The van der Waals surface area contributed by atoms with Crippen LogP contribution in [0.15, 0.2) is 48.5 Å². The molecule has 3 rings (SSSR count). The van der Waals surface area contributed by atoms with Crippen LogP contribution < -0.4 is 5.32 Å². The molecule has 2 aromatic rings. The summed E-state index contributed by atoms with van der Waals surface area (Å²) in [5, 5.41) is 2.63. The van der Waals surface area contributed by atoms with E-state index in [0.29, 0.717) is 11.3 Å². The van der Waals surface area contributed by atoms with E-state index in [4.69, 9.17) is 0 Å². The van der Waals surface area contributed by atoms with E-state index in [1.807, 2.05) is 12.1 Å². The Morgan fingerprint density at radius 1 is 0.889 bits per heavy atom. The predicted octanol–water partition coefficient (Wildman–Crippen LogP) is 5.33. The van der Waals surface area contributed by atoms with E-state index in [0.717, 1.165) is 37.3 Å². The van der Waals surface area contributed by atoms with E-state index in [9.17, 15) is 18.0 Å². The highest BCUT2D eigenvalue weighted by Gasteiger charge is 2.30. The average Bonchev–Trinajstić information content (AvgIpc) is 2.91. The fourth-order valence-electron chi connectivity index (χ4n) is 3.26. The Hall–Kier alpha value is -2.34. The van der Waals surface area contributed by atoms with Gasteiger partial charge in [0.2, 0.25) is 0 Å². The maximum atomic E-state index is 12.6. The van der Waals surface area contributed by atoms with Gasteiger partial charge in [-0.05, 0) is 67.9 Å². The molecule has 1 heterocycles. The Bertz CT molecular complexity index is 746. The third-order valence-corrected chi connectivity index (χ3v) is 4.79. The van der Waals surface area contributed by atoms with Crippen molar-refractivity contribution in [3.05, 3.63) is 65.2 Å². The lowest BCUT2D eigenvalue weighted by molar-refractivity contribution is -0.137. The van der Waals surface area contributed by atoms with E-state index < -0.39 is 11.7 Å². The number of rotatable bonds is 4. The highest BCUT2D eigenvalue weighted by atomic mass is 19.4. The molecule has 27 heavy (non-hydrogen) atoms. The number of nitrogens with one attached hydrogen (secondary N) is 1. The van der Waals surface area contributed by atoms with Gasteiger partial charge in [-0.2, -0.15) is 13.2 Å². The minimum Gasteiger partial charge on any atom is -0.322 e. The van der Waals surface area contributed by atoms with Gasteiger partial charge in [0.15, 0.2) is 0 Å². The third kappa shape index (κ3) is 5.57. The molecule has 0 aliphatic carbocycles. The van der Waals surface area contributed by atoms with Crippen LogP contribution in [-0.4, -0.2) is 23.9 Å². The largest absolute Gasteiger partial charge is 0.416 e. The maximum absolute atomic E-state index is 12.6. The number of alkyl halides is 3. The quantitative estimate of drug-likeness (QED) is 0.782. The van der Waals surface area contributed by atoms with Gasteiger partial charge in [0, 0.05) is 17.8 Å². The average molecular weight is 376 g/mol. The zero-order chi connectivity index (χ0) is 19.3. The molecule has 1 aliphatic heterocycles. The fraction of sp³-hybridized carbons (Fsp3) is 0.381. The van der Waals surface area contributed by atoms with E-state index >= 15 is 0 Å². The lowest BCUT2D eigenvalue weighted by Crippen LogP contribution is -2.24. The van der Waals surface area contributed by atoms with Crippen molar-refractivity contribution in [2.24, 2.45) is 0 Å². The zero-order valence-corrected chi connectivity index (χ0v) is 15.1. The van der Waals surface area contributed by atoms with Gasteiger partial charge in [-0.3, -0.25) is 9.69 Å². The minimum absolute atomic E-state index is 0.335. The monoisotopic (exact) mass is 376 g/mol. The molecule has 0 aromatic heterocycles. The molecule has 3 nitrogen and oxygen atoms in total. The summed E-state index contributed by atoms with van der Waals surface area (Å²) in [6.45, 7) is 3.09. The molecular weight excluding hydrogens is 353 g/mol. The molecule has 2 aromatic carbocycles.